The highest BCUT2D eigenvalue weighted by atomic mass is 32.2. The number of amides is 1. The molecule has 13 nitrogen and oxygen atoms in total. The van der Waals surface area contributed by atoms with E-state index in [1.54, 1.807) is 6.20 Å². The molecule has 294 valence electrons. The highest BCUT2D eigenvalue weighted by Gasteiger charge is 2.29. The lowest BCUT2D eigenvalue weighted by Gasteiger charge is -2.41. The van der Waals surface area contributed by atoms with Crippen LogP contribution in [0.25, 0.3) is 11.3 Å². The second kappa shape index (κ2) is 20.5. The van der Waals surface area contributed by atoms with Crippen molar-refractivity contribution in [3.8, 4) is 11.3 Å². The summed E-state index contributed by atoms with van der Waals surface area (Å²) in [4.78, 5) is 38.8. The van der Waals surface area contributed by atoms with E-state index in [1.165, 1.54) is 5.56 Å². The van der Waals surface area contributed by atoms with E-state index in [-0.39, 0.29) is 29.1 Å². The number of piperazine rings is 1. The largest absolute Gasteiger partial charge is 0.377 e. The SMILES string of the molecule is CN1CCCN(C)c2ccc(cn2)-c2ccnc(n2)N(COCC[S+](C)C)c2cccc(c2)CN2CCN(CC1=O)CC2COCCOC1CCCCO1. The monoisotopic (exact) mass is 763 g/mol. The third-order valence-corrected chi connectivity index (χ3v) is 11.2. The highest BCUT2D eigenvalue weighted by Crippen LogP contribution is 2.27. The Bertz CT molecular complexity index is 1600. The fourth-order valence-electron chi connectivity index (χ4n) is 6.95. The Kier molecular flexibility index (Phi) is 15.3. The van der Waals surface area contributed by atoms with Crippen LogP contribution in [0.1, 0.15) is 31.2 Å². The topological polar surface area (TPSA) is 109 Å². The first kappa shape index (κ1) is 40.3. The van der Waals surface area contributed by atoms with Crippen molar-refractivity contribution >= 4 is 34.3 Å². The fraction of sp³-hybridized carbons (Fsp3) is 0.600. The second-order valence-electron chi connectivity index (χ2n) is 14.7. The maximum atomic E-state index is 13.4. The fourth-order valence-corrected chi connectivity index (χ4v) is 7.40. The van der Waals surface area contributed by atoms with Gasteiger partial charge in [-0.1, -0.05) is 12.1 Å². The van der Waals surface area contributed by atoms with Crippen LogP contribution in [0, 0.1) is 0 Å². The maximum absolute atomic E-state index is 13.4. The Labute approximate surface area is 324 Å². The molecule has 0 aliphatic carbocycles. The minimum absolute atomic E-state index is 0.107. The van der Waals surface area contributed by atoms with E-state index in [1.807, 2.05) is 37.3 Å². The molecule has 4 unspecified atom stereocenters. The molecule has 0 saturated carbocycles. The number of rotatable bonds is 11. The number of hydrogen-bond donors (Lipinski definition) is 0. The van der Waals surface area contributed by atoms with Gasteiger partial charge in [-0.2, -0.15) is 0 Å². The van der Waals surface area contributed by atoms with Crippen molar-refractivity contribution in [1.82, 2.24) is 29.7 Å². The summed E-state index contributed by atoms with van der Waals surface area (Å²) in [6.07, 6.45) is 12.0. The number of pyridine rings is 1. The lowest BCUT2D eigenvalue weighted by molar-refractivity contribution is -0.170. The van der Waals surface area contributed by atoms with Crippen molar-refractivity contribution in [3.63, 3.8) is 0 Å². The van der Waals surface area contributed by atoms with Crippen LogP contribution in [0.2, 0.25) is 0 Å². The second-order valence-corrected chi connectivity index (χ2v) is 17.0. The lowest BCUT2D eigenvalue weighted by atomic mass is 10.1. The third-order valence-electron chi connectivity index (χ3n) is 10.2. The molecule has 14 heteroatoms. The summed E-state index contributed by atoms with van der Waals surface area (Å²) in [5, 5.41) is 0. The molecular weight excluding hydrogens is 705 g/mol. The number of hydrogen-bond acceptors (Lipinski definition) is 12. The van der Waals surface area contributed by atoms with E-state index in [9.17, 15) is 4.79 Å². The summed E-state index contributed by atoms with van der Waals surface area (Å²) in [6.45, 7) is 8.26. The molecule has 8 bridgehead atoms. The first-order valence-electron chi connectivity index (χ1n) is 19.3. The van der Waals surface area contributed by atoms with Crippen molar-refractivity contribution in [2.45, 2.75) is 44.6 Å². The van der Waals surface area contributed by atoms with Gasteiger partial charge in [-0.15, -0.1) is 0 Å². The van der Waals surface area contributed by atoms with E-state index in [0.29, 0.717) is 52.2 Å². The van der Waals surface area contributed by atoms with Crippen molar-refractivity contribution in [2.75, 3.05) is 121 Å². The van der Waals surface area contributed by atoms with Gasteiger partial charge >= 0.3 is 0 Å². The van der Waals surface area contributed by atoms with Crippen molar-refractivity contribution in [3.05, 3.63) is 60.4 Å². The summed E-state index contributed by atoms with van der Waals surface area (Å²) in [5.74, 6) is 2.59. The van der Waals surface area contributed by atoms with Gasteiger partial charge in [0.1, 0.15) is 18.3 Å². The molecule has 8 heterocycles. The van der Waals surface area contributed by atoms with E-state index in [2.05, 4.69) is 62.4 Å². The number of nitrogens with zero attached hydrogens (tertiary/aromatic N) is 8. The van der Waals surface area contributed by atoms with Crippen LogP contribution in [0.4, 0.5) is 17.5 Å². The van der Waals surface area contributed by atoms with Gasteiger partial charge in [0.25, 0.3) is 0 Å². The number of aromatic nitrogens is 3. The van der Waals surface area contributed by atoms with E-state index in [0.717, 1.165) is 93.5 Å². The van der Waals surface area contributed by atoms with Crippen LogP contribution in [-0.2, 0) is 41.2 Å². The standard InChI is InChI=1S/C40H59N8O5S/c1-44-16-8-17-45(2)38(49)29-46-18-19-47(35(28-46)30-50-21-22-53-39-11-5-6-20-52-39)27-32-9-7-10-34(25-32)48(31-51-23-24-54(3)4)40-41-15-14-36(43-40)33-12-13-37(44)42-26-33/h7,9-10,12-15,25-26,35,39H,5-6,8,11,16-24,27-31H2,1-4H3/q+1. The van der Waals surface area contributed by atoms with Crippen molar-refractivity contribution < 1.29 is 23.7 Å². The van der Waals surface area contributed by atoms with Crippen LogP contribution < -0.4 is 9.80 Å². The molecule has 54 heavy (non-hydrogen) atoms. The van der Waals surface area contributed by atoms with Gasteiger partial charge in [-0.05, 0) is 72.5 Å². The summed E-state index contributed by atoms with van der Waals surface area (Å²) >= 11 is 0. The molecule has 0 radical (unpaired) electrons. The molecule has 6 aliphatic heterocycles. The molecule has 2 saturated heterocycles. The van der Waals surface area contributed by atoms with Crippen molar-refractivity contribution in [1.29, 1.82) is 0 Å². The Morgan fingerprint density at radius 2 is 1.80 bits per heavy atom. The average molecular weight is 764 g/mol. The Morgan fingerprint density at radius 3 is 2.61 bits per heavy atom. The minimum atomic E-state index is -0.127. The molecule has 9 rings (SSSR count). The van der Waals surface area contributed by atoms with Crippen LogP contribution in [0.3, 0.4) is 0 Å². The van der Waals surface area contributed by atoms with Crippen LogP contribution in [0.5, 0.6) is 0 Å². The molecule has 1 aromatic carbocycles. The number of ether oxygens (including phenoxy) is 4. The summed E-state index contributed by atoms with van der Waals surface area (Å²) in [6, 6.07) is 14.7. The summed E-state index contributed by atoms with van der Waals surface area (Å²) in [7, 11) is 4.23. The maximum Gasteiger partial charge on any atom is 0.236 e. The molecule has 2 aromatic heterocycles. The van der Waals surface area contributed by atoms with Gasteiger partial charge in [-0.25, -0.2) is 15.0 Å². The molecule has 1 amide bonds. The lowest BCUT2D eigenvalue weighted by Crippen LogP contribution is -2.56. The van der Waals surface area contributed by atoms with Crippen LogP contribution in [-0.4, -0.2) is 159 Å². The van der Waals surface area contributed by atoms with E-state index >= 15 is 0 Å². The zero-order valence-electron chi connectivity index (χ0n) is 32.6. The van der Waals surface area contributed by atoms with Crippen LogP contribution >= 0.6 is 0 Å². The summed E-state index contributed by atoms with van der Waals surface area (Å²) < 4.78 is 24.2. The Morgan fingerprint density at radius 1 is 0.907 bits per heavy atom. The van der Waals surface area contributed by atoms with Crippen molar-refractivity contribution in [2.24, 2.45) is 0 Å². The molecular formula is C40H59N8O5S+. The summed E-state index contributed by atoms with van der Waals surface area (Å²) in [5.41, 5.74) is 3.84. The first-order chi connectivity index (χ1) is 26.3. The van der Waals surface area contributed by atoms with Gasteiger partial charge in [0.15, 0.2) is 6.29 Å². The molecule has 0 N–H and O–H groups in total. The van der Waals surface area contributed by atoms with Gasteiger partial charge in [0, 0.05) is 89.7 Å². The Balaban J connectivity index is 1.24. The van der Waals surface area contributed by atoms with Gasteiger partial charge in [-0.3, -0.25) is 19.5 Å². The normalized spacial score (nSPS) is 23.0. The smallest absolute Gasteiger partial charge is 0.236 e. The predicted molar refractivity (Wildman–Crippen MR) is 215 cm³/mol. The van der Waals surface area contributed by atoms with Gasteiger partial charge in [0.05, 0.1) is 51.2 Å². The average Bonchev–Trinajstić information content (AvgIpc) is 3.18. The highest BCUT2D eigenvalue weighted by molar-refractivity contribution is 7.95. The van der Waals surface area contributed by atoms with Gasteiger partial charge < -0.3 is 28.7 Å². The first-order valence-corrected chi connectivity index (χ1v) is 21.5. The molecule has 2 fully saturated rings. The van der Waals surface area contributed by atoms with E-state index in [4.69, 9.17) is 33.9 Å². The minimum Gasteiger partial charge on any atom is -0.377 e. The molecule has 3 aromatic rings. The number of benzene rings is 1. The molecule has 6 aliphatic rings. The molecule has 0 spiro atoms. The number of likely N-dealkylation sites (N-methyl/N-ethyl adjacent to an activating group) is 1. The zero-order chi connectivity index (χ0) is 37.7. The number of carbonyl (C=O) groups is 1. The molecule has 4 atom stereocenters. The number of carbonyl (C=O) groups excluding carboxylic acids is 1. The third kappa shape index (κ3) is 11.8. The van der Waals surface area contributed by atoms with Crippen LogP contribution in [0.15, 0.2) is 54.9 Å². The van der Waals surface area contributed by atoms with E-state index < -0.39 is 0 Å². The van der Waals surface area contributed by atoms with Gasteiger partial charge in [0.2, 0.25) is 11.9 Å². The zero-order valence-corrected chi connectivity index (χ0v) is 33.4. The Hall–Kier alpha value is -3.37. The quantitative estimate of drug-likeness (QED) is 0.209. The predicted octanol–water partition coefficient (Wildman–Crippen LogP) is 3.87. The number of anilines is 3.